The Bertz CT molecular complexity index is 588. The SMILES string of the molecule is CC(C)c1nn(C2CCCCO2)c2ncc(Br)cc12. The molecular weight excluding hydrogens is 306 g/mol. The van der Waals surface area contributed by atoms with E-state index in [1.54, 1.807) is 0 Å². The van der Waals surface area contributed by atoms with Crippen molar-refractivity contribution in [1.29, 1.82) is 0 Å². The summed E-state index contributed by atoms with van der Waals surface area (Å²) in [6, 6.07) is 2.10. The van der Waals surface area contributed by atoms with Crippen LogP contribution in [0.2, 0.25) is 0 Å². The molecule has 0 saturated carbocycles. The first-order chi connectivity index (χ1) is 9.16. The molecule has 2 aromatic heterocycles. The van der Waals surface area contributed by atoms with Crippen LogP contribution in [0.5, 0.6) is 0 Å². The minimum absolute atomic E-state index is 0.0393. The molecule has 0 radical (unpaired) electrons. The van der Waals surface area contributed by atoms with E-state index in [1.165, 1.54) is 6.42 Å². The third-order valence-electron chi connectivity index (χ3n) is 3.52. The minimum atomic E-state index is 0.0393. The number of fused-ring (bicyclic) bond motifs is 1. The van der Waals surface area contributed by atoms with Crippen molar-refractivity contribution in [3.63, 3.8) is 0 Å². The lowest BCUT2D eigenvalue weighted by atomic mass is 10.1. The zero-order chi connectivity index (χ0) is 13.4. The van der Waals surface area contributed by atoms with Gasteiger partial charge in [-0.05, 0) is 47.2 Å². The van der Waals surface area contributed by atoms with E-state index in [0.29, 0.717) is 5.92 Å². The average Bonchev–Trinajstić information content (AvgIpc) is 2.78. The number of hydrogen-bond acceptors (Lipinski definition) is 3. The molecule has 2 aromatic rings. The van der Waals surface area contributed by atoms with Crippen LogP contribution in [-0.4, -0.2) is 21.4 Å². The molecule has 0 amide bonds. The lowest BCUT2D eigenvalue weighted by Gasteiger charge is -2.23. The number of nitrogens with zero attached hydrogens (tertiary/aromatic N) is 3. The van der Waals surface area contributed by atoms with E-state index in [-0.39, 0.29) is 6.23 Å². The number of halogens is 1. The van der Waals surface area contributed by atoms with Crippen LogP contribution >= 0.6 is 15.9 Å². The lowest BCUT2D eigenvalue weighted by Crippen LogP contribution is -2.19. The van der Waals surface area contributed by atoms with Gasteiger partial charge in [-0.3, -0.25) is 0 Å². The molecule has 0 aliphatic carbocycles. The van der Waals surface area contributed by atoms with Gasteiger partial charge < -0.3 is 4.74 Å². The van der Waals surface area contributed by atoms with Crippen LogP contribution in [-0.2, 0) is 4.74 Å². The molecule has 102 valence electrons. The highest BCUT2D eigenvalue weighted by atomic mass is 79.9. The Morgan fingerprint density at radius 3 is 2.95 bits per heavy atom. The highest BCUT2D eigenvalue weighted by Crippen LogP contribution is 2.31. The minimum Gasteiger partial charge on any atom is -0.356 e. The second kappa shape index (κ2) is 5.21. The average molecular weight is 324 g/mol. The lowest BCUT2D eigenvalue weighted by molar-refractivity contribution is -0.0372. The quantitative estimate of drug-likeness (QED) is 0.838. The van der Waals surface area contributed by atoms with Gasteiger partial charge in [0.2, 0.25) is 0 Å². The van der Waals surface area contributed by atoms with Gasteiger partial charge in [-0.1, -0.05) is 13.8 Å². The van der Waals surface area contributed by atoms with Crippen LogP contribution in [0.25, 0.3) is 11.0 Å². The summed E-state index contributed by atoms with van der Waals surface area (Å²) in [7, 11) is 0. The van der Waals surface area contributed by atoms with Crippen LogP contribution in [0.1, 0.15) is 50.9 Å². The summed E-state index contributed by atoms with van der Waals surface area (Å²) in [5, 5.41) is 5.89. The summed E-state index contributed by atoms with van der Waals surface area (Å²) < 4.78 is 8.80. The number of ether oxygens (including phenoxy) is 1. The van der Waals surface area contributed by atoms with E-state index in [0.717, 1.165) is 40.6 Å². The number of pyridine rings is 1. The van der Waals surface area contributed by atoms with Gasteiger partial charge in [0.15, 0.2) is 11.9 Å². The van der Waals surface area contributed by atoms with E-state index in [2.05, 4.69) is 40.8 Å². The topological polar surface area (TPSA) is 39.9 Å². The van der Waals surface area contributed by atoms with Crippen molar-refractivity contribution in [3.05, 3.63) is 22.4 Å². The van der Waals surface area contributed by atoms with Crippen molar-refractivity contribution >= 4 is 27.0 Å². The molecule has 4 nitrogen and oxygen atoms in total. The molecular formula is C14H18BrN3O. The Hall–Kier alpha value is -0.940. The Morgan fingerprint density at radius 1 is 1.42 bits per heavy atom. The zero-order valence-electron chi connectivity index (χ0n) is 11.3. The zero-order valence-corrected chi connectivity index (χ0v) is 12.9. The second-order valence-electron chi connectivity index (χ2n) is 5.33. The third kappa shape index (κ3) is 2.41. The molecule has 1 aliphatic heterocycles. The van der Waals surface area contributed by atoms with Crippen molar-refractivity contribution in [2.45, 2.75) is 45.3 Å². The Labute approximate surface area is 121 Å². The maximum Gasteiger partial charge on any atom is 0.160 e. The summed E-state index contributed by atoms with van der Waals surface area (Å²) >= 11 is 3.49. The van der Waals surface area contributed by atoms with Gasteiger partial charge >= 0.3 is 0 Å². The maximum atomic E-state index is 5.84. The highest BCUT2D eigenvalue weighted by Gasteiger charge is 2.22. The summed E-state index contributed by atoms with van der Waals surface area (Å²) in [6.07, 6.45) is 5.22. The fourth-order valence-corrected chi connectivity index (χ4v) is 2.90. The van der Waals surface area contributed by atoms with Gasteiger partial charge in [0, 0.05) is 22.7 Å². The second-order valence-corrected chi connectivity index (χ2v) is 6.25. The van der Waals surface area contributed by atoms with E-state index in [4.69, 9.17) is 9.84 Å². The standard InChI is InChI=1S/C14H18BrN3O/c1-9(2)13-11-7-10(15)8-16-14(11)18(17-13)12-5-3-4-6-19-12/h7-9,12H,3-6H2,1-2H3. The summed E-state index contributed by atoms with van der Waals surface area (Å²) in [5.41, 5.74) is 2.02. The largest absolute Gasteiger partial charge is 0.356 e. The highest BCUT2D eigenvalue weighted by molar-refractivity contribution is 9.10. The van der Waals surface area contributed by atoms with Crippen LogP contribution in [0.15, 0.2) is 16.7 Å². The predicted octanol–water partition coefficient (Wildman–Crippen LogP) is 4.02. The Morgan fingerprint density at radius 2 is 2.26 bits per heavy atom. The number of aromatic nitrogens is 3. The van der Waals surface area contributed by atoms with Gasteiger partial charge in [0.05, 0.1) is 5.69 Å². The molecule has 1 unspecified atom stereocenters. The summed E-state index contributed by atoms with van der Waals surface area (Å²) in [5.74, 6) is 0.378. The van der Waals surface area contributed by atoms with Crippen molar-refractivity contribution in [2.75, 3.05) is 6.61 Å². The molecule has 3 heterocycles. The molecule has 0 aromatic carbocycles. The van der Waals surface area contributed by atoms with Gasteiger partial charge in [0.25, 0.3) is 0 Å². The Balaban J connectivity index is 2.13. The number of hydrogen-bond donors (Lipinski definition) is 0. The fourth-order valence-electron chi connectivity index (χ4n) is 2.56. The van der Waals surface area contributed by atoms with Crippen LogP contribution in [0.3, 0.4) is 0 Å². The van der Waals surface area contributed by atoms with E-state index in [9.17, 15) is 0 Å². The fraction of sp³-hybridized carbons (Fsp3) is 0.571. The van der Waals surface area contributed by atoms with E-state index < -0.39 is 0 Å². The van der Waals surface area contributed by atoms with Crippen LogP contribution < -0.4 is 0 Å². The normalized spacial score (nSPS) is 20.3. The smallest absolute Gasteiger partial charge is 0.160 e. The van der Waals surface area contributed by atoms with E-state index >= 15 is 0 Å². The van der Waals surface area contributed by atoms with Crippen molar-refractivity contribution in [2.24, 2.45) is 0 Å². The predicted molar refractivity (Wildman–Crippen MR) is 78.2 cm³/mol. The first-order valence-corrected chi connectivity index (χ1v) is 7.61. The molecule has 0 spiro atoms. The summed E-state index contributed by atoms with van der Waals surface area (Å²) in [4.78, 5) is 4.53. The van der Waals surface area contributed by atoms with Crippen LogP contribution in [0.4, 0.5) is 0 Å². The van der Waals surface area contributed by atoms with Crippen molar-refractivity contribution in [1.82, 2.24) is 14.8 Å². The maximum absolute atomic E-state index is 5.84. The molecule has 1 aliphatic rings. The molecule has 1 atom stereocenters. The molecule has 1 saturated heterocycles. The molecule has 5 heteroatoms. The third-order valence-corrected chi connectivity index (χ3v) is 3.95. The summed E-state index contributed by atoms with van der Waals surface area (Å²) in [6.45, 7) is 5.14. The van der Waals surface area contributed by atoms with Crippen molar-refractivity contribution in [3.8, 4) is 0 Å². The van der Waals surface area contributed by atoms with Gasteiger partial charge in [-0.15, -0.1) is 0 Å². The molecule has 0 bridgehead atoms. The first kappa shape index (κ1) is 13.1. The van der Waals surface area contributed by atoms with E-state index in [1.807, 2.05) is 10.9 Å². The van der Waals surface area contributed by atoms with Crippen molar-refractivity contribution < 1.29 is 4.74 Å². The first-order valence-electron chi connectivity index (χ1n) is 6.82. The molecule has 19 heavy (non-hydrogen) atoms. The molecule has 1 fully saturated rings. The van der Waals surface area contributed by atoms with Gasteiger partial charge in [-0.25, -0.2) is 9.67 Å². The Kier molecular flexibility index (Phi) is 3.58. The van der Waals surface area contributed by atoms with Crippen LogP contribution in [0, 0.1) is 0 Å². The van der Waals surface area contributed by atoms with Gasteiger partial charge in [0.1, 0.15) is 0 Å². The number of rotatable bonds is 2. The molecule has 3 rings (SSSR count). The molecule has 0 N–H and O–H groups in total. The van der Waals surface area contributed by atoms with Gasteiger partial charge in [-0.2, -0.15) is 5.10 Å². The monoisotopic (exact) mass is 323 g/mol.